The topological polar surface area (TPSA) is 72.5 Å². The van der Waals surface area contributed by atoms with Crippen LogP contribution in [0.2, 0.25) is 0 Å². The number of nitrogens with one attached hydrogen (secondary N) is 1. The van der Waals surface area contributed by atoms with Gasteiger partial charge in [-0.05, 0) is 80.9 Å². The molecular formula is C19H25NO4S. The third-order valence-corrected chi connectivity index (χ3v) is 7.89. The Morgan fingerprint density at radius 1 is 1.12 bits per heavy atom. The highest BCUT2D eigenvalue weighted by molar-refractivity contribution is 7.89. The molecule has 0 radical (unpaired) electrons. The second kappa shape index (κ2) is 5.81. The van der Waals surface area contributed by atoms with Gasteiger partial charge in [-0.15, -0.1) is 0 Å². The van der Waals surface area contributed by atoms with E-state index in [9.17, 15) is 13.2 Å². The van der Waals surface area contributed by atoms with Gasteiger partial charge in [0.1, 0.15) is 0 Å². The van der Waals surface area contributed by atoms with E-state index in [4.69, 9.17) is 4.74 Å². The third kappa shape index (κ3) is 2.99. The standard InChI is InChI=1S/C19H25NO4S/c1-12-3-4-16(8-17(12)18(21)24-2)25(22,23)20-19-9-13-5-14(10-19)7-15(6-13)11-19/h3-4,8,13-15,20H,5-7,9-11H2,1-2H3. The zero-order chi connectivity index (χ0) is 17.8. The summed E-state index contributed by atoms with van der Waals surface area (Å²) in [6.45, 7) is 1.77. The van der Waals surface area contributed by atoms with Crippen molar-refractivity contribution in [2.45, 2.75) is 55.9 Å². The lowest BCUT2D eigenvalue weighted by atomic mass is 9.53. The quantitative estimate of drug-likeness (QED) is 0.835. The molecule has 0 heterocycles. The van der Waals surface area contributed by atoms with Crippen molar-refractivity contribution in [2.75, 3.05) is 7.11 Å². The van der Waals surface area contributed by atoms with Crippen LogP contribution < -0.4 is 4.72 Å². The average molecular weight is 363 g/mol. The summed E-state index contributed by atoms with van der Waals surface area (Å²) in [7, 11) is -2.36. The average Bonchev–Trinajstić information content (AvgIpc) is 2.52. The fourth-order valence-electron chi connectivity index (χ4n) is 5.68. The molecule has 0 spiro atoms. The maximum atomic E-state index is 13.0. The molecule has 0 unspecified atom stereocenters. The molecule has 1 N–H and O–H groups in total. The van der Waals surface area contributed by atoms with Crippen molar-refractivity contribution in [3.8, 4) is 0 Å². The first-order valence-corrected chi connectivity index (χ1v) is 10.5. The Kier molecular flexibility index (Phi) is 3.96. The van der Waals surface area contributed by atoms with Gasteiger partial charge < -0.3 is 4.74 Å². The number of esters is 1. The Bertz CT molecular complexity index is 779. The first-order valence-electron chi connectivity index (χ1n) is 9.03. The van der Waals surface area contributed by atoms with Crippen LogP contribution in [0, 0.1) is 24.7 Å². The highest BCUT2D eigenvalue weighted by Crippen LogP contribution is 2.55. The molecule has 5 rings (SSSR count). The van der Waals surface area contributed by atoms with Gasteiger partial charge in [0.2, 0.25) is 10.0 Å². The number of aryl methyl sites for hydroxylation is 1. The largest absolute Gasteiger partial charge is 0.465 e. The molecule has 0 atom stereocenters. The highest BCUT2D eigenvalue weighted by atomic mass is 32.2. The molecule has 0 aromatic heterocycles. The van der Waals surface area contributed by atoms with Crippen molar-refractivity contribution in [2.24, 2.45) is 17.8 Å². The van der Waals surface area contributed by atoms with Gasteiger partial charge >= 0.3 is 5.97 Å². The van der Waals surface area contributed by atoms with E-state index in [1.54, 1.807) is 19.1 Å². The molecule has 4 aliphatic rings. The van der Waals surface area contributed by atoms with Crippen molar-refractivity contribution in [1.29, 1.82) is 0 Å². The van der Waals surface area contributed by atoms with Gasteiger partial charge in [0.15, 0.2) is 0 Å². The molecule has 0 saturated heterocycles. The first kappa shape index (κ1) is 17.0. The fourth-order valence-corrected chi connectivity index (χ4v) is 7.14. The Morgan fingerprint density at radius 3 is 2.20 bits per heavy atom. The third-order valence-electron chi connectivity index (χ3n) is 6.31. The van der Waals surface area contributed by atoms with E-state index in [0.29, 0.717) is 28.9 Å². The molecule has 25 heavy (non-hydrogen) atoms. The van der Waals surface area contributed by atoms with Gasteiger partial charge in [0.25, 0.3) is 0 Å². The fraction of sp³-hybridized carbons (Fsp3) is 0.632. The van der Waals surface area contributed by atoms with Crippen LogP contribution in [0.3, 0.4) is 0 Å². The molecule has 1 aromatic rings. The predicted molar refractivity (Wildman–Crippen MR) is 93.7 cm³/mol. The number of sulfonamides is 1. The summed E-state index contributed by atoms with van der Waals surface area (Å²) in [4.78, 5) is 12.0. The van der Waals surface area contributed by atoms with Gasteiger partial charge in [-0.25, -0.2) is 17.9 Å². The van der Waals surface area contributed by atoms with Crippen LogP contribution >= 0.6 is 0 Å². The monoisotopic (exact) mass is 363 g/mol. The van der Waals surface area contributed by atoms with E-state index >= 15 is 0 Å². The van der Waals surface area contributed by atoms with E-state index in [1.165, 1.54) is 32.4 Å². The van der Waals surface area contributed by atoms with Crippen molar-refractivity contribution < 1.29 is 17.9 Å². The number of benzene rings is 1. The zero-order valence-corrected chi connectivity index (χ0v) is 15.6. The van der Waals surface area contributed by atoms with Crippen molar-refractivity contribution in [1.82, 2.24) is 4.72 Å². The van der Waals surface area contributed by atoms with Crippen LogP contribution in [0.5, 0.6) is 0 Å². The molecule has 4 bridgehead atoms. The smallest absolute Gasteiger partial charge is 0.338 e. The lowest BCUT2D eigenvalue weighted by Gasteiger charge is -2.56. The maximum absolute atomic E-state index is 13.0. The summed E-state index contributed by atoms with van der Waals surface area (Å²) in [5.74, 6) is 1.48. The van der Waals surface area contributed by atoms with E-state index in [1.807, 2.05) is 0 Å². The summed E-state index contributed by atoms with van der Waals surface area (Å²) in [5, 5.41) is 0. The molecule has 136 valence electrons. The van der Waals surface area contributed by atoms with Crippen LogP contribution in [-0.2, 0) is 14.8 Å². The minimum atomic E-state index is -3.66. The Hall–Kier alpha value is -1.40. The predicted octanol–water partition coefficient (Wildman–Crippen LogP) is 3.03. The number of ether oxygens (including phenoxy) is 1. The molecule has 0 aliphatic heterocycles. The van der Waals surface area contributed by atoms with Gasteiger partial charge in [-0.3, -0.25) is 0 Å². The molecule has 6 heteroatoms. The zero-order valence-electron chi connectivity index (χ0n) is 14.7. The van der Waals surface area contributed by atoms with Crippen LogP contribution in [-0.4, -0.2) is 27.0 Å². The van der Waals surface area contributed by atoms with Gasteiger partial charge in [-0.1, -0.05) is 6.07 Å². The molecule has 4 saturated carbocycles. The van der Waals surface area contributed by atoms with Crippen molar-refractivity contribution >= 4 is 16.0 Å². The molecular weight excluding hydrogens is 338 g/mol. The minimum Gasteiger partial charge on any atom is -0.465 e. The number of methoxy groups -OCH3 is 1. The van der Waals surface area contributed by atoms with E-state index in [2.05, 4.69) is 4.72 Å². The highest BCUT2D eigenvalue weighted by Gasteiger charge is 2.52. The summed E-state index contributed by atoms with van der Waals surface area (Å²) >= 11 is 0. The van der Waals surface area contributed by atoms with E-state index in [-0.39, 0.29) is 10.4 Å². The molecule has 0 amide bonds. The summed E-state index contributed by atoms with van der Waals surface area (Å²) in [5.41, 5.74) is 0.723. The Morgan fingerprint density at radius 2 is 1.68 bits per heavy atom. The number of carbonyl (C=O) groups excluding carboxylic acids is 1. The second-order valence-corrected chi connectivity index (χ2v) is 9.95. The SMILES string of the molecule is COC(=O)c1cc(S(=O)(=O)NC23CC4CC(CC(C4)C2)C3)ccc1C. The van der Waals surface area contributed by atoms with Crippen LogP contribution in [0.15, 0.2) is 23.1 Å². The van der Waals surface area contributed by atoms with Crippen LogP contribution in [0.4, 0.5) is 0 Å². The lowest BCUT2D eigenvalue weighted by molar-refractivity contribution is -0.00810. The second-order valence-electron chi connectivity index (χ2n) is 8.27. The Labute approximate surface area is 149 Å². The van der Waals surface area contributed by atoms with E-state index < -0.39 is 16.0 Å². The lowest BCUT2D eigenvalue weighted by Crippen LogP contribution is -2.59. The number of rotatable bonds is 4. The van der Waals surface area contributed by atoms with Crippen LogP contribution in [0.25, 0.3) is 0 Å². The number of hydrogen-bond donors (Lipinski definition) is 1. The van der Waals surface area contributed by atoms with Gasteiger partial charge in [0.05, 0.1) is 17.6 Å². The maximum Gasteiger partial charge on any atom is 0.338 e. The summed E-state index contributed by atoms with van der Waals surface area (Å²) in [6.07, 6.45) is 6.64. The molecule has 4 aliphatic carbocycles. The van der Waals surface area contributed by atoms with Crippen molar-refractivity contribution in [3.63, 3.8) is 0 Å². The molecule has 1 aromatic carbocycles. The van der Waals surface area contributed by atoms with E-state index in [0.717, 1.165) is 19.3 Å². The molecule has 4 fully saturated rings. The van der Waals surface area contributed by atoms with Gasteiger partial charge in [-0.2, -0.15) is 0 Å². The summed E-state index contributed by atoms with van der Waals surface area (Å²) < 4.78 is 33.9. The normalized spacial score (nSPS) is 33.4. The van der Waals surface area contributed by atoms with Crippen LogP contribution in [0.1, 0.15) is 54.4 Å². The first-order chi connectivity index (χ1) is 11.8. The van der Waals surface area contributed by atoms with Crippen molar-refractivity contribution in [3.05, 3.63) is 29.3 Å². The van der Waals surface area contributed by atoms with Gasteiger partial charge in [0, 0.05) is 5.54 Å². The number of carbonyl (C=O) groups is 1. The summed E-state index contributed by atoms with van der Waals surface area (Å²) in [6, 6.07) is 4.68. The Balaban J connectivity index is 1.63. The minimum absolute atomic E-state index is 0.147. The number of hydrogen-bond acceptors (Lipinski definition) is 4. The molecule has 5 nitrogen and oxygen atoms in total.